The van der Waals surface area contributed by atoms with Gasteiger partial charge < -0.3 is 4.74 Å². The summed E-state index contributed by atoms with van der Waals surface area (Å²) in [6.45, 7) is 3.62. The van der Waals surface area contributed by atoms with Crippen LogP contribution in [0.3, 0.4) is 0 Å². The van der Waals surface area contributed by atoms with Crippen LogP contribution in [0.5, 0.6) is 0 Å². The van der Waals surface area contributed by atoms with E-state index >= 15 is 0 Å². The van der Waals surface area contributed by atoms with Crippen LogP contribution in [-0.2, 0) is 4.74 Å². The number of hydrogen-bond donors (Lipinski definition) is 0. The van der Waals surface area contributed by atoms with Gasteiger partial charge in [0.05, 0.1) is 12.2 Å². The lowest BCUT2D eigenvalue weighted by atomic mass is 10.2. The van der Waals surface area contributed by atoms with Gasteiger partial charge in [0.1, 0.15) is 0 Å². The second kappa shape index (κ2) is 4.61. The largest absolute Gasteiger partial charge is 0.381 e. The second-order valence-corrected chi connectivity index (χ2v) is 1.55. The first-order valence-electron chi connectivity index (χ1n) is 2.54. The third-order valence-electron chi connectivity index (χ3n) is 0.911. The molecule has 8 heavy (non-hydrogen) atoms. The van der Waals surface area contributed by atoms with Crippen LogP contribution < -0.4 is 0 Å². The van der Waals surface area contributed by atoms with Crippen molar-refractivity contribution in [3.05, 3.63) is 6.92 Å². The van der Waals surface area contributed by atoms with Crippen LogP contribution in [0.4, 0.5) is 0 Å². The van der Waals surface area contributed by atoms with E-state index in [2.05, 4.69) is 6.92 Å². The molecule has 0 aliphatic carbocycles. The van der Waals surface area contributed by atoms with Crippen molar-refractivity contribution in [1.82, 2.24) is 0 Å². The Morgan fingerprint density at radius 1 is 1.88 bits per heavy atom. The number of methoxy groups -OCH3 is 1. The van der Waals surface area contributed by atoms with E-state index in [0.29, 0.717) is 6.42 Å². The third-order valence-corrected chi connectivity index (χ3v) is 0.911. The van der Waals surface area contributed by atoms with E-state index in [1.807, 2.05) is 6.07 Å². The minimum Gasteiger partial charge on any atom is -0.381 e. The first-order valence-corrected chi connectivity index (χ1v) is 2.54. The molecule has 0 saturated carbocycles. The predicted octanol–water partition coefficient (Wildman–Crippen LogP) is 1.14. The first kappa shape index (κ1) is 7.45. The van der Waals surface area contributed by atoms with Crippen LogP contribution in [0, 0.1) is 18.3 Å². The lowest BCUT2D eigenvalue weighted by molar-refractivity contribution is 0.133. The zero-order chi connectivity index (χ0) is 6.41. The Morgan fingerprint density at radius 3 is 2.88 bits per heavy atom. The molecule has 0 saturated heterocycles. The minimum absolute atomic E-state index is 0.0188. The summed E-state index contributed by atoms with van der Waals surface area (Å²) in [5.74, 6) is 0. The summed E-state index contributed by atoms with van der Waals surface area (Å²) in [4.78, 5) is 0. The average Bonchev–Trinajstić information content (AvgIpc) is 1.83. The number of hydrogen-bond acceptors (Lipinski definition) is 2. The van der Waals surface area contributed by atoms with E-state index in [-0.39, 0.29) is 6.10 Å². The summed E-state index contributed by atoms with van der Waals surface area (Å²) in [5, 5.41) is 8.08. The van der Waals surface area contributed by atoms with Crippen molar-refractivity contribution >= 4 is 0 Å². The van der Waals surface area contributed by atoms with Crippen molar-refractivity contribution < 1.29 is 4.74 Å². The Balaban J connectivity index is 3.01. The fourth-order valence-electron chi connectivity index (χ4n) is 0.343. The first-order chi connectivity index (χ1) is 3.81. The van der Waals surface area contributed by atoms with Crippen molar-refractivity contribution in [3.63, 3.8) is 0 Å². The molecule has 0 aliphatic heterocycles. The molecule has 0 amide bonds. The predicted molar refractivity (Wildman–Crippen MR) is 31.0 cm³/mol. The van der Waals surface area contributed by atoms with Gasteiger partial charge in [0, 0.05) is 13.5 Å². The van der Waals surface area contributed by atoms with Gasteiger partial charge in [0.25, 0.3) is 0 Å². The minimum atomic E-state index is -0.0188. The van der Waals surface area contributed by atoms with Crippen LogP contribution in [-0.4, -0.2) is 13.2 Å². The van der Waals surface area contributed by atoms with Gasteiger partial charge in [-0.1, -0.05) is 0 Å². The van der Waals surface area contributed by atoms with Crippen molar-refractivity contribution in [2.75, 3.05) is 7.11 Å². The van der Waals surface area contributed by atoms with Gasteiger partial charge in [-0.05, 0) is 13.3 Å². The van der Waals surface area contributed by atoms with Crippen molar-refractivity contribution in [3.8, 4) is 6.07 Å². The maximum atomic E-state index is 8.08. The molecule has 0 heterocycles. The highest BCUT2D eigenvalue weighted by Gasteiger charge is 1.95. The van der Waals surface area contributed by atoms with Gasteiger partial charge >= 0.3 is 0 Å². The highest BCUT2D eigenvalue weighted by Crippen LogP contribution is 1.96. The average molecular weight is 112 g/mol. The van der Waals surface area contributed by atoms with Gasteiger partial charge in [-0.2, -0.15) is 5.26 Å². The lowest BCUT2D eigenvalue weighted by Gasteiger charge is -2.03. The summed E-state index contributed by atoms with van der Waals surface area (Å²) < 4.78 is 4.79. The molecule has 0 spiro atoms. The molecule has 0 N–H and O–H groups in total. The third kappa shape index (κ3) is 3.63. The number of nitrogens with zero attached hydrogens (tertiary/aromatic N) is 1. The fraction of sp³-hybridized carbons (Fsp3) is 0.667. The van der Waals surface area contributed by atoms with Gasteiger partial charge in [-0.3, -0.25) is 0 Å². The molecule has 0 bridgehead atoms. The Morgan fingerprint density at radius 2 is 2.50 bits per heavy atom. The summed E-state index contributed by atoms with van der Waals surface area (Å²) in [6.07, 6.45) is 1.24. The molecule has 1 radical (unpaired) electrons. The molecule has 0 aromatic carbocycles. The van der Waals surface area contributed by atoms with Crippen molar-refractivity contribution in [1.29, 1.82) is 5.26 Å². The maximum Gasteiger partial charge on any atom is 0.0622 e. The lowest BCUT2D eigenvalue weighted by Crippen LogP contribution is -2.03. The smallest absolute Gasteiger partial charge is 0.0622 e. The summed E-state index contributed by atoms with van der Waals surface area (Å²) in [6, 6.07) is 2.01. The van der Waals surface area contributed by atoms with Gasteiger partial charge in [0.15, 0.2) is 0 Å². The summed E-state index contributed by atoms with van der Waals surface area (Å²) >= 11 is 0. The molecule has 0 fully saturated rings. The van der Waals surface area contributed by atoms with Gasteiger partial charge in [-0.25, -0.2) is 0 Å². The molecule has 0 rings (SSSR count). The molecular formula is C6H10NO. The normalized spacial score (nSPS) is 12.6. The Bertz CT molecular complexity index is 85.0. The molecular weight excluding hydrogens is 102 g/mol. The Labute approximate surface area is 50.1 Å². The number of rotatable bonds is 3. The van der Waals surface area contributed by atoms with Crippen LogP contribution in [0.15, 0.2) is 0 Å². The molecule has 1 atom stereocenters. The number of ether oxygens (including phenoxy) is 1. The van der Waals surface area contributed by atoms with E-state index in [1.54, 1.807) is 7.11 Å². The molecule has 0 aliphatic rings. The van der Waals surface area contributed by atoms with E-state index in [0.717, 1.165) is 6.42 Å². The molecule has 2 nitrogen and oxygen atoms in total. The monoisotopic (exact) mass is 112 g/mol. The Kier molecular flexibility index (Phi) is 4.29. The fourth-order valence-corrected chi connectivity index (χ4v) is 0.343. The van der Waals surface area contributed by atoms with Crippen LogP contribution >= 0.6 is 0 Å². The summed E-state index contributed by atoms with van der Waals surface area (Å²) in [7, 11) is 1.59. The zero-order valence-electron chi connectivity index (χ0n) is 5.05. The highest BCUT2D eigenvalue weighted by molar-refractivity contribution is 4.72. The molecule has 45 valence electrons. The van der Waals surface area contributed by atoms with E-state index in [4.69, 9.17) is 10.00 Å². The van der Waals surface area contributed by atoms with Crippen LogP contribution in [0.1, 0.15) is 12.8 Å². The molecule has 0 aromatic rings. The topological polar surface area (TPSA) is 33.0 Å². The SMILES string of the molecule is [CH2]C(CCC#N)OC. The van der Waals surface area contributed by atoms with Gasteiger partial charge in [0.2, 0.25) is 0 Å². The van der Waals surface area contributed by atoms with E-state index in [9.17, 15) is 0 Å². The quantitative estimate of drug-likeness (QED) is 0.548. The number of nitriles is 1. The van der Waals surface area contributed by atoms with Crippen LogP contribution in [0.2, 0.25) is 0 Å². The van der Waals surface area contributed by atoms with E-state index < -0.39 is 0 Å². The van der Waals surface area contributed by atoms with E-state index in [1.165, 1.54) is 0 Å². The standard InChI is InChI=1S/C6H10NO/c1-6(8-2)4-3-5-7/h6H,1,3-4H2,2H3. The van der Waals surface area contributed by atoms with Crippen molar-refractivity contribution in [2.45, 2.75) is 18.9 Å². The van der Waals surface area contributed by atoms with Gasteiger partial charge in [-0.15, -0.1) is 0 Å². The molecule has 1 unspecified atom stereocenters. The summed E-state index contributed by atoms with van der Waals surface area (Å²) in [5.41, 5.74) is 0. The maximum absolute atomic E-state index is 8.08. The van der Waals surface area contributed by atoms with Crippen molar-refractivity contribution in [2.24, 2.45) is 0 Å². The second-order valence-electron chi connectivity index (χ2n) is 1.55. The Hall–Kier alpha value is -0.550. The zero-order valence-corrected chi connectivity index (χ0v) is 5.05. The highest BCUT2D eigenvalue weighted by atomic mass is 16.5. The molecule has 0 aromatic heterocycles. The van der Waals surface area contributed by atoms with Crippen LogP contribution in [0.25, 0.3) is 0 Å². The molecule has 2 heteroatoms.